The summed E-state index contributed by atoms with van der Waals surface area (Å²) >= 11 is 0. The normalized spacial score (nSPS) is 10.9. The number of rotatable bonds is 8. The van der Waals surface area contributed by atoms with E-state index in [1.54, 1.807) is 24.4 Å². The predicted octanol–water partition coefficient (Wildman–Crippen LogP) is 5.10. The van der Waals surface area contributed by atoms with E-state index in [4.69, 9.17) is 10.1 Å². The molecular weight excluding hydrogens is 388 g/mol. The first kappa shape index (κ1) is 20.5. The van der Waals surface area contributed by atoms with Crippen LogP contribution in [0.4, 0.5) is 0 Å². The van der Waals surface area contributed by atoms with Crippen molar-refractivity contribution in [3.05, 3.63) is 90.0 Å². The van der Waals surface area contributed by atoms with Crippen LogP contribution in [0, 0.1) is 0 Å². The maximum atomic E-state index is 11.5. The van der Waals surface area contributed by atoms with Gasteiger partial charge in [-0.15, -0.1) is 0 Å². The fourth-order valence-electron chi connectivity index (χ4n) is 3.47. The second kappa shape index (κ2) is 9.34. The number of aryl methyl sites for hydroxylation is 1. The van der Waals surface area contributed by atoms with Gasteiger partial charge in [-0.25, -0.2) is 14.5 Å². The summed E-state index contributed by atoms with van der Waals surface area (Å²) in [5, 5.41) is 14.2. The van der Waals surface area contributed by atoms with E-state index in [1.165, 1.54) is 0 Å². The molecule has 0 aliphatic carbocycles. The molecule has 31 heavy (non-hydrogen) atoms. The van der Waals surface area contributed by atoms with Gasteiger partial charge < -0.3 is 5.11 Å². The van der Waals surface area contributed by atoms with Crippen molar-refractivity contribution in [3.8, 4) is 22.5 Å². The molecule has 2 heterocycles. The summed E-state index contributed by atoms with van der Waals surface area (Å²) in [4.78, 5) is 20.9. The molecule has 0 saturated heterocycles. The Morgan fingerprint density at radius 1 is 0.968 bits per heavy atom. The summed E-state index contributed by atoms with van der Waals surface area (Å²) in [7, 11) is 0. The van der Waals surface area contributed by atoms with Crippen LogP contribution in [0.3, 0.4) is 0 Å². The SMILES string of the molecule is CCCCn1nc(-c2ccccc2)nc1Cc1ccc(-c2ccccc2C(=O)O)cn1. The molecule has 0 bridgehead atoms. The average molecular weight is 412 g/mol. The molecule has 156 valence electrons. The number of hydrogen-bond acceptors (Lipinski definition) is 4. The number of aromatic nitrogens is 4. The number of carbonyl (C=O) groups is 1. The molecule has 2 aromatic carbocycles. The number of benzene rings is 2. The molecule has 0 aliphatic rings. The lowest BCUT2D eigenvalue weighted by molar-refractivity contribution is 0.0697. The summed E-state index contributed by atoms with van der Waals surface area (Å²) in [5.74, 6) is 0.648. The van der Waals surface area contributed by atoms with Gasteiger partial charge in [-0.05, 0) is 24.1 Å². The predicted molar refractivity (Wildman–Crippen MR) is 120 cm³/mol. The Morgan fingerprint density at radius 3 is 2.45 bits per heavy atom. The lowest BCUT2D eigenvalue weighted by Gasteiger charge is -2.08. The standard InChI is InChI=1S/C25H24N4O2/c1-2-3-15-29-23(27-24(28-29)18-9-5-4-6-10-18)16-20-14-13-19(17-26-20)21-11-7-8-12-22(21)25(30)31/h4-14,17H,2-3,15-16H2,1H3,(H,30,31). The summed E-state index contributed by atoms with van der Waals surface area (Å²) in [6.07, 6.45) is 4.39. The molecule has 0 amide bonds. The number of hydrogen-bond donors (Lipinski definition) is 1. The molecule has 1 N–H and O–H groups in total. The fraction of sp³-hybridized carbons (Fsp3) is 0.200. The number of pyridine rings is 1. The largest absolute Gasteiger partial charge is 0.478 e. The highest BCUT2D eigenvalue weighted by Gasteiger charge is 2.14. The van der Waals surface area contributed by atoms with Crippen molar-refractivity contribution < 1.29 is 9.90 Å². The van der Waals surface area contributed by atoms with E-state index in [0.717, 1.165) is 47.9 Å². The Balaban J connectivity index is 1.60. The molecule has 0 saturated carbocycles. The van der Waals surface area contributed by atoms with Gasteiger partial charge in [0.05, 0.1) is 5.56 Å². The van der Waals surface area contributed by atoms with Crippen LogP contribution in [0.15, 0.2) is 72.9 Å². The van der Waals surface area contributed by atoms with Gasteiger partial charge in [-0.3, -0.25) is 4.98 Å². The van der Waals surface area contributed by atoms with Crippen molar-refractivity contribution in [1.29, 1.82) is 0 Å². The lowest BCUT2D eigenvalue weighted by atomic mass is 10.0. The molecule has 6 nitrogen and oxygen atoms in total. The van der Waals surface area contributed by atoms with Gasteiger partial charge in [0.15, 0.2) is 5.82 Å². The number of aromatic carboxylic acids is 1. The second-order valence-electron chi connectivity index (χ2n) is 7.36. The number of nitrogens with zero attached hydrogens (tertiary/aromatic N) is 4. The Bertz CT molecular complexity index is 1170. The summed E-state index contributed by atoms with van der Waals surface area (Å²) in [6.45, 7) is 2.97. The second-order valence-corrected chi connectivity index (χ2v) is 7.36. The minimum absolute atomic E-state index is 0.267. The molecule has 0 fully saturated rings. The highest BCUT2D eigenvalue weighted by molar-refractivity contribution is 5.95. The number of carboxylic acid groups (broad SMARTS) is 1. The van der Waals surface area contributed by atoms with Gasteiger partial charge in [0, 0.05) is 36.0 Å². The molecule has 0 aliphatic heterocycles. The van der Waals surface area contributed by atoms with E-state index in [1.807, 2.05) is 53.2 Å². The quantitative estimate of drug-likeness (QED) is 0.436. The van der Waals surface area contributed by atoms with Gasteiger partial charge in [-0.1, -0.05) is 67.9 Å². The minimum atomic E-state index is -0.947. The van der Waals surface area contributed by atoms with Gasteiger partial charge in [0.1, 0.15) is 5.82 Å². The maximum absolute atomic E-state index is 11.5. The molecule has 6 heteroatoms. The van der Waals surface area contributed by atoms with Gasteiger partial charge in [0.2, 0.25) is 0 Å². The summed E-state index contributed by atoms with van der Waals surface area (Å²) in [5.41, 5.74) is 3.56. The molecule has 2 aromatic heterocycles. The van der Waals surface area contributed by atoms with Crippen molar-refractivity contribution in [3.63, 3.8) is 0 Å². The van der Waals surface area contributed by atoms with Crippen LogP contribution < -0.4 is 0 Å². The van der Waals surface area contributed by atoms with Crippen molar-refractivity contribution in [2.45, 2.75) is 32.7 Å². The van der Waals surface area contributed by atoms with E-state index >= 15 is 0 Å². The molecule has 4 aromatic rings. The van der Waals surface area contributed by atoms with Crippen LogP contribution in [0.5, 0.6) is 0 Å². The van der Waals surface area contributed by atoms with E-state index in [-0.39, 0.29) is 5.56 Å². The third-order valence-corrected chi connectivity index (χ3v) is 5.14. The van der Waals surface area contributed by atoms with Crippen molar-refractivity contribution in [2.24, 2.45) is 0 Å². The highest BCUT2D eigenvalue weighted by Crippen LogP contribution is 2.24. The summed E-state index contributed by atoms with van der Waals surface area (Å²) < 4.78 is 1.97. The molecule has 0 spiro atoms. The molecule has 0 atom stereocenters. The third kappa shape index (κ3) is 4.69. The molecule has 4 rings (SSSR count). The minimum Gasteiger partial charge on any atom is -0.478 e. The Morgan fingerprint density at radius 2 is 1.74 bits per heavy atom. The van der Waals surface area contributed by atoms with Crippen molar-refractivity contribution >= 4 is 5.97 Å². The first-order valence-corrected chi connectivity index (χ1v) is 10.4. The monoisotopic (exact) mass is 412 g/mol. The van der Waals surface area contributed by atoms with Crippen LogP contribution in [-0.2, 0) is 13.0 Å². The first-order valence-electron chi connectivity index (χ1n) is 10.4. The van der Waals surface area contributed by atoms with Gasteiger partial charge >= 0.3 is 5.97 Å². The topological polar surface area (TPSA) is 80.9 Å². The zero-order valence-electron chi connectivity index (χ0n) is 17.4. The summed E-state index contributed by atoms with van der Waals surface area (Å²) in [6, 6.07) is 20.8. The Hall–Kier alpha value is -3.80. The van der Waals surface area contributed by atoms with Crippen LogP contribution in [0.2, 0.25) is 0 Å². The number of carboxylic acids is 1. The Labute approximate surface area is 181 Å². The fourth-order valence-corrected chi connectivity index (χ4v) is 3.47. The maximum Gasteiger partial charge on any atom is 0.336 e. The third-order valence-electron chi connectivity index (χ3n) is 5.14. The highest BCUT2D eigenvalue weighted by atomic mass is 16.4. The van der Waals surface area contributed by atoms with Gasteiger partial charge in [-0.2, -0.15) is 5.10 Å². The van der Waals surface area contributed by atoms with E-state index in [0.29, 0.717) is 12.0 Å². The van der Waals surface area contributed by atoms with Crippen LogP contribution >= 0.6 is 0 Å². The zero-order valence-corrected chi connectivity index (χ0v) is 17.4. The van der Waals surface area contributed by atoms with Crippen LogP contribution in [0.1, 0.15) is 41.6 Å². The molecular formula is C25H24N4O2. The molecule has 0 radical (unpaired) electrons. The number of unbranched alkanes of at least 4 members (excludes halogenated alkanes) is 1. The Kier molecular flexibility index (Phi) is 6.17. The first-order chi connectivity index (χ1) is 15.2. The van der Waals surface area contributed by atoms with Crippen LogP contribution in [-0.4, -0.2) is 30.8 Å². The van der Waals surface area contributed by atoms with E-state index in [2.05, 4.69) is 11.9 Å². The van der Waals surface area contributed by atoms with Crippen molar-refractivity contribution in [2.75, 3.05) is 0 Å². The zero-order chi connectivity index (χ0) is 21.6. The van der Waals surface area contributed by atoms with Gasteiger partial charge in [0.25, 0.3) is 0 Å². The smallest absolute Gasteiger partial charge is 0.336 e. The average Bonchev–Trinajstić information content (AvgIpc) is 3.21. The van der Waals surface area contributed by atoms with E-state index < -0.39 is 5.97 Å². The van der Waals surface area contributed by atoms with Crippen LogP contribution in [0.25, 0.3) is 22.5 Å². The molecule has 0 unspecified atom stereocenters. The lowest BCUT2D eigenvalue weighted by Crippen LogP contribution is -2.07. The van der Waals surface area contributed by atoms with Crippen molar-refractivity contribution in [1.82, 2.24) is 19.7 Å². The van der Waals surface area contributed by atoms with E-state index in [9.17, 15) is 9.90 Å².